The second kappa shape index (κ2) is 9.64. The minimum absolute atomic E-state index is 0.141. The van der Waals surface area contributed by atoms with Crippen LogP contribution in [0.15, 0.2) is 90.5 Å². The minimum Gasteiger partial charge on any atom is -0.488 e. The van der Waals surface area contributed by atoms with Crippen LogP contribution < -0.4 is 15.0 Å². The number of carbonyl (C=O) groups is 3. The molecule has 1 fully saturated rings. The number of hydrogen-bond donors (Lipinski definition) is 1. The van der Waals surface area contributed by atoms with E-state index >= 15 is 0 Å². The summed E-state index contributed by atoms with van der Waals surface area (Å²) in [6.45, 7) is 0.141. The average Bonchev–Trinajstić information content (AvgIpc) is 2.86. The third-order valence-corrected chi connectivity index (χ3v) is 5.93. The first-order chi connectivity index (χ1) is 17.4. The lowest BCUT2D eigenvalue weighted by Gasteiger charge is -2.26. The van der Waals surface area contributed by atoms with Crippen molar-refractivity contribution in [1.29, 1.82) is 0 Å². The maximum atomic E-state index is 13.4. The van der Waals surface area contributed by atoms with Gasteiger partial charge in [0, 0.05) is 10.6 Å². The Bertz CT molecular complexity index is 1550. The van der Waals surface area contributed by atoms with Gasteiger partial charge in [-0.25, -0.2) is 14.1 Å². The fourth-order valence-electron chi connectivity index (χ4n) is 3.94. The molecule has 1 heterocycles. The number of barbiturate groups is 1. The van der Waals surface area contributed by atoms with Gasteiger partial charge in [0.25, 0.3) is 11.8 Å². The van der Waals surface area contributed by atoms with Crippen LogP contribution in [0.3, 0.4) is 0 Å². The number of anilines is 1. The van der Waals surface area contributed by atoms with Crippen molar-refractivity contribution in [3.8, 4) is 5.75 Å². The van der Waals surface area contributed by atoms with Gasteiger partial charge in [-0.3, -0.25) is 14.9 Å². The van der Waals surface area contributed by atoms with Crippen molar-refractivity contribution in [2.24, 2.45) is 0 Å². The number of urea groups is 1. The van der Waals surface area contributed by atoms with E-state index in [1.54, 1.807) is 36.4 Å². The van der Waals surface area contributed by atoms with Crippen molar-refractivity contribution >= 4 is 52.0 Å². The number of hydrogen-bond acceptors (Lipinski definition) is 4. The number of rotatable bonds is 5. The van der Waals surface area contributed by atoms with Gasteiger partial charge in [-0.05, 0) is 58.8 Å². The van der Waals surface area contributed by atoms with Gasteiger partial charge >= 0.3 is 6.03 Å². The number of fused-ring (bicyclic) bond motifs is 1. The molecular weight excluding hydrogens is 483 g/mol. The highest BCUT2D eigenvalue weighted by Crippen LogP contribution is 2.32. The van der Waals surface area contributed by atoms with Crippen LogP contribution in [0, 0.1) is 5.82 Å². The second-order valence-corrected chi connectivity index (χ2v) is 8.49. The molecule has 0 spiro atoms. The molecule has 1 saturated heterocycles. The molecule has 4 aromatic carbocycles. The highest BCUT2D eigenvalue weighted by Gasteiger charge is 2.37. The first-order valence-electron chi connectivity index (χ1n) is 11.0. The summed E-state index contributed by atoms with van der Waals surface area (Å²) in [6, 6.07) is 22.3. The number of halogens is 2. The number of amides is 4. The largest absolute Gasteiger partial charge is 0.488 e. The minimum atomic E-state index is -0.866. The lowest BCUT2D eigenvalue weighted by molar-refractivity contribution is -0.122. The van der Waals surface area contributed by atoms with Gasteiger partial charge in [-0.15, -0.1) is 0 Å². The molecular formula is C28H18ClFN2O4. The normalized spacial score (nSPS) is 14.9. The molecule has 4 amide bonds. The summed E-state index contributed by atoms with van der Waals surface area (Å²) in [4.78, 5) is 39.6. The Hall–Kier alpha value is -4.49. The van der Waals surface area contributed by atoms with Crippen molar-refractivity contribution in [2.45, 2.75) is 6.61 Å². The Morgan fingerprint density at radius 3 is 2.47 bits per heavy atom. The van der Waals surface area contributed by atoms with E-state index in [0.717, 1.165) is 21.2 Å². The van der Waals surface area contributed by atoms with Crippen LogP contribution in [-0.4, -0.2) is 17.8 Å². The molecule has 36 heavy (non-hydrogen) atoms. The highest BCUT2D eigenvalue weighted by atomic mass is 35.5. The van der Waals surface area contributed by atoms with Crippen LogP contribution in [0.1, 0.15) is 11.1 Å². The lowest BCUT2D eigenvalue weighted by Crippen LogP contribution is -2.54. The second-order valence-electron chi connectivity index (χ2n) is 8.05. The van der Waals surface area contributed by atoms with E-state index < -0.39 is 17.8 Å². The quantitative estimate of drug-likeness (QED) is 0.274. The Kier molecular flexibility index (Phi) is 6.23. The third kappa shape index (κ3) is 4.56. The molecule has 0 aliphatic carbocycles. The summed E-state index contributed by atoms with van der Waals surface area (Å²) in [5.74, 6) is -1.54. The zero-order valence-corrected chi connectivity index (χ0v) is 19.5. The molecule has 0 bridgehead atoms. The maximum absolute atomic E-state index is 13.4. The molecule has 6 nitrogen and oxygen atoms in total. The molecule has 178 valence electrons. The zero-order chi connectivity index (χ0) is 25.2. The van der Waals surface area contributed by atoms with Gasteiger partial charge in [-0.1, -0.05) is 60.1 Å². The van der Waals surface area contributed by atoms with E-state index in [9.17, 15) is 18.8 Å². The molecule has 0 saturated carbocycles. The van der Waals surface area contributed by atoms with E-state index in [4.69, 9.17) is 16.3 Å². The molecule has 1 aliphatic heterocycles. The fraction of sp³-hybridized carbons (Fsp3) is 0.0357. The predicted octanol–water partition coefficient (Wildman–Crippen LogP) is 5.88. The van der Waals surface area contributed by atoms with E-state index in [1.807, 2.05) is 30.3 Å². The molecule has 8 heteroatoms. The summed E-state index contributed by atoms with van der Waals surface area (Å²) in [5.41, 5.74) is 1.23. The van der Waals surface area contributed by atoms with Crippen molar-refractivity contribution in [3.05, 3.63) is 112 Å². The van der Waals surface area contributed by atoms with E-state index in [-0.39, 0.29) is 23.7 Å². The summed E-state index contributed by atoms with van der Waals surface area (Å²) < 4.78 is 19.3. The van der Waals surface area contributed by atoms with Gasteiger partial charge in [0.05, 0.1) is 5.69 Å². The Morgan fingerprint density at radius 1 is 0.917 bits per heavy atom. The highest BCUT2D eigenvalue weighted by molar-refractivity contribution is 6.39. The standard InChI is InChI=1S/C28H18ClFN2O4/c29-19-5-3-6-21(14-19)32-27(34)24(26(33)31-28(32)35)15-23-22-7-2-1-4-18(22)10-13-25(23)36-16-17-8-11-20(30)12-9-17/h1-15H,16H2,(H,31,33,35)/b24-15+. The Labute approximate surface area is 210 Å². The predicted molar refractivity (Wildman–Crippen MR) is 135 cm³/mol. The Balaban J connectivity index is 1.58. The van der Waals surface area contributed by atoms with Gasteiger partial charge < -0.3 is 4.74 Å². The van der Waals surface area contributed by atoms with E-state index in [0.29, 0.717) is 16.3 Å². The topological polar surface area (TPSA) is 75.7 Å². The molecule has 0 aromatic heterocycles. The number of nitrogens with one attached hydrogen (secondary N) is 1. The molecule has 5 rings (SSSR count). The number of nitrogens with zero attached hydrogens (tertiary/aromatic N) is 1. The lowest BCUT2D eigenvalue weighted by atomic mass is 9.99. The average molecular weight is 501 g/mol. The van der Waals surface area contributed by atoms with Crippen LogP contribution in [0.5, 0.6) is 5.75 Å². The maximum Gasteiger partial charge on any atom is 0.335 e. The number of ether oxygens (including phenoxy) is 1. The molecule has 0 unspecified atom stereocenters. The van der Waals surface area contributed by atoms with Gasteiger partial charge in [0.2, 0.25) is 0 Å². The summed E-state index contributed by atoms with van der Waals surface area (Å²) in [5, 5.41) is 4.16. The number of carbonyl (C=O) groups excluding carboxylic acids is 3. The molecule has 1 N–H and O–H groups in total. The van der Waals surface area contributed by atoms with Crippen molar-refractivity contribution in [2.75, 3.05) is 4.90 Å². The Morgan fingerprint density at radius 2 is 1.69 bits per heavy atom. The van der Waals surface area contributed by atoms with Crippen molar-refractivity contribution in [1.82, 2.24) is 5.32 Å². The van der Waals surface area contributed by atoms with Crippen LogP contribution in [-0.2, 0) is 16.2 Å². The summed E-state index contributed by atoms with van der Waals surface area (Å²) in [7, 11) is 0. The number of imide groups is 2. The molecule has 0 radical (unpaired) electrons. The van der Waals surface area contributed by atoms with Gasteiger partial charge in [0.15, 0.2) is 0 Å². The van der Waals surface area contributed by atoms with Crippen LogP contribution in [0.25, 0.3) is 16.8 Å². The SMILES string of the molecule is O=C1NC(=O)N(c2cccc(Cl)c2)C(=O)/C1=C/c1c(OCc2ccc(F)cc2)ccc2ccccc12. The fourth-order valence-corrected chi connectivity index (χ4v) is 4.13. The van der Waals surface area contributed by atoms with Crippen LogP contribution >= 0.6 is 11.6 Å². The number of benzene rings is 4. The van der Waals surface area contributed by atoms with Crippen LogP contribution in [0.2, 0.25) is 5.02 Å². The van der Waals surface area contributed by atoms with Crippen LogP contribution in [0.4, 0.5) is 14.9 Å². The smallest absolute Gasteiger partial charge is 0.335 e. The van der Waals surface area contributed by atoms with Gasteiger partial charge in [-0.2, -0.15) is 0 Å². The van der Waals surface area contributed by atoms with E-state index in [2.05, 4.69) is 5.32 Å². The van der Waals surface area contributed by atoms with E-state index in [1.165, 1.54) is 24.3 Å². The first-order valence-corrected chi connectivity index (χ1v) is 11.3. The summed E-state index contributed by atoms with van der Waals surface area (Å²) >= 11 is 6.05. The molecule has 0 atom stereocenters. The zero-order valence-electron chi connectivity index (χ0n) is 18.7. The van der Waals surface area contributed by atoms with Crippen molar-refractivity contribution in [3.63, 3.8) is 0 Å². The molecule has 1 aliphatic rings. The molecule has 4 aromatic rings. The summed E-state index contributed by atoms with van der Waals surface area (Å²) in [6.07, 6.45) is 1.42. The monoisotopic (exact) mass is 500 g/mol. The first kappa shape index (κ1) is 23.3. The third-order valence-electron chi connectivity index (χ3n) is 5.70. The van der Waals surface area contributed by atoms with Crippen molar-refractivity contribution < 1.29 is 23.5 Å². The van der Waals surface area contributed by atoms with Gasteiger partial charge in [0.1, 0.15) is 23.7 Å².